The van der Waals surface area contributed by atoms with Crippen LogP contribution in [0.25, 0.3) is 6.08 Å². The van der Waals surface area contributed by atoms with Crippen molar-refractivity contribution in [2.45, 2.75) is 6.42 Å². The lowest BCUT2D eigenvalue weighted by Gasteiger charge is -2.34. The monoisotopic (exact) mass is 375 g/mol. The van der Waals surface area contributed by atoms with Crippen LogP contribution in [0, 0.1) is 11.3 Å². The maximum Gasteiger partial charge on any atom is 0.335 e. The van der Waals surface area contributed by atoms with Crippen molar-refractivity contribution in [3.63, 3.8) is 0 Å². The maximum absolute atomic E-state index is 10.9. The van der Waals surface area contributed by atoms with E-state index in [1.807, 2.05) is 36.4 Å². The number of nitrogens with zero attached hydrogens (tertiary/aromatic N) is 3. The lowest BCUT2D eigenvalue weighted by Crippen LogP contribution is -2.46. The normalized spacial score (nSPS) is 15.5. The van der Waals surface area contributed by atoms with Crippen molar-refractivity contribution < 1.29 is 9.90 Å². The second-order valence-electron chi connectivity index (χ2n) is 7.03. The largest absolute Gasteiger partial charge is 0.478 e. The summed E-state index contributed by atoms with van der Waals surface area (Å²) in [5, 5.41) is 17.8. The number of carboxylic acids is 1. The van der Waals surface area contributed by atoms with E-state index in [9.17, 15) is 4.79 Å². The van der Waals surface area contributed by atoms with E-state index in [2.05, 4.69) is 28.0 Å². The van der Waals surface area contributed by atoms with E-state index in [1.54, 1.807) is 12.1 Å². The van der Waals surface area contributed by atoms with Crippen LogP contribution in [0.1, 0.15) is 27.0 Å². The van der Waals surface area contributed by atoms with Gasteiger partial charge in [-0.05, 0) is 41.8 Å². The summed E-state index contributed by atoms with van der Waals surface area (Å²) in [4.78, 5) is 15.8. The van der Waals surface area contributed by atoms with Gasteiger partial charge in [-0.15, -0.1) is 0 Å². The van der Waals surface area contributed by atoms with Gasteiger partial charge >= 0.3 is 5.97 Å². The molecule has 0 amide bonds. The standard InChI is InChI=1S/C23H25N3O2/c24-18-21-5-3-19(4-6-21)2-1-12-25-14-16-26(17-15-25)13-11-20-7-9-22(10-8-20)23(27)28/h1-10H,11-17H2,(H,27,28). The second-order valence-corrected chi connectivity index (χ2v) is 7.03. The van der Waals surface area contributed by atoms with Gasteiger partial charge in [0.05, 0.1) is 17.2 Å². The number of rotatable bonds is 7. The van der Waals surface area contributed by atoms with E-state index < -0.39 is 5.97 Å². The van der Waals surface area contributed by atoms with E-state index in [4.69, 9.17) is 10.4 Å². The van der Waals surface area contributed by atoms with Crippen LogP contribution in [-0.2, 0) is 6.42 Å². The zero-order valence-corrected chi connectivity index (χ0v) is 15.9. The van der Waals surface area contributed by atoms with Crippen LogP contribution < -0.4 is 0 Å². The quantitative estimate of drug-likeness (QED) is 0.805. The van der Waals surface area contributed by atoms with Gasteiger partial charge in [-0.2, -0.15) is 5.26 Å². The predicted octanol–water partition coefficient (Wildman–Crippen LogP) is 3.13. The minimum Gasteiger partial charge on any atom is -0.478 e. The van der Waals surface area contributed by atoms with E-state index in [0.29, 0.717) is 11.1 Å². The molecule has 1 aliphatic rings. The van der Waals surface area contributed by atoms with Crippen LogP contribution in [0.2, 0.25) is 0 Å². The van der Waals surface area contributed by atoms with E-state index in [-0.39, 0.29) is 0 Å². The fourth-order valence-corrected chi connectivity index (χ4v) is 3.30. The van der Waals surface area contributed by atoms with E-state index in [0.717, 1.165) is 51.3 Å². The zero-order valence-electron chi connectivity index (χ0n) is 15.9. The first kappa shape index (κ1) is 19.8. The van der Waals surface area contributed by atoms with Crippen molar-refractivity contribution in [3.8, 4) is 6.07 Å². The Morgan fingerprint density at radius 3 is 2.25 bits per heavy atom. The van der Waals surface area contributed by atoms with Gasteiger partial charge in [0.25, 0.3) is 0 Å². The average molecular weight is 375 g/mol. The molecule has 0 bridgehead atoms. The Morgan fingerprint density at radius 1 is 1.00 bits per heavy atom. The molecule has 0 radical (unpaired) electrons. The van der Waals surface area contributed by atoms with Crippen molar-refractivity contribution >= 4 is 12.0 Å². The molecule has 0 aromatic heterocycles. The summed E-state index contributed by atoms with van der Waals surface area (Å²) in [7, 11) is 0. The van der Waals surface area contributed by atoms with Gasteiger partial charge in [-0.1, -0.05) is 36.4 Å². The third kappa shape index (κ3) is 5.78. The molecule has 3 rings (SSSR count). The summed E-state index contributed by atoms with van der Waals surface area (Å²) >= 11 is 0. The van der Waals surface area contributed by atoms with Gasteiger partial charge in [-0.3, -0.25) is 4.90 Å². The predicted molar refractivity (Wildman–Crippen MR) is 110 cm³/mol. The highest BCUT2D eigenvalue weighted by Crippen LogP contribution is 2.09. The fourth-order valence-electron chi connectivity index (χ4n) is 3.30. The minimum absolute atomic E-state index is 0.339. The molecule has 0 unspecified atom stereocenters. The number of hydrogen-bond acceptors (Lipinski definition) is 4. The van der Waals surface area contributed by atoms with Crippen LogP contribution in [-0.4, -0.2) is 60.1 Å². The number of nitriles is 1. The smallest absolute Gasteiger partial charge is 0.335 e. The molecule has 28 heavy (non-hydrogen) atoms. The van der Waals surface area contributed by atoms with Crippen LogP contribution in [0.4, 0.5) is 0 Å². The van der Waals surface area contributed by atoms with Crippen LogP contribution in [0.5, 0.6) is 0 Å². The summed E-state index contributed by atoms with van der Waals surface area (Å²) in [6, 6.07) is 16.9. The first-order valence-corrected chi connectivity index (χ1v) is 9.58. The number of hydrogen-bond donors (Lipinski definition) is 1. The Morgan fingerprint density at radius 2 is 1.64 bits per heavy atom. The Hall–Kier alpha value is -2.94. The molecule has 0 aliphatic carbocycles. The van der Waals surface area contributed by atoms with E-state index in [1.165, 1.54) is 5.56 Å². The highest BCUT2D eigenvalue weighted by atomic mass is 16.4. The molecule has 2 aromatic rings. The van der Waals surface area contributed by atoms with Crippen LogP contribution in [0.3, 0.4) is 0 Å². The highest BCUT2D eigenvalue weighted by Gasteiger charge is 2.15. The van der Waals surface area contributed by atoms with Gasteiger partial charge in [0.1, 0.15) is 0 Å². The molecule has 1 fully saturated rings. The third-order valence-electron chi connectivity index (χ3n) is 5.10. The number of piperazine rings is 1. The minimum atomic E-state index is -0.879. The van der Waals surface area contributed by atoms with Crippen molar-refractivity contribution in [1.82, 2.24) is 9.80 Å². The SMILES string of the molecule is N#Cc1ccc(C=CCN2CCN(CCc3ccc(C(=O)O)cc3)CC2)cc1. The van der Waals surface area contributed by atoms with Gasteiger partial charge in [0.2, 0.25) is 0 Å². The molecular weight excluding hydrogens is 350 g/mol. The van der Waals surface area contributed by atoms with Crippen molar-refractivity contribution in [2.75, 3.05) is 39.3 Å². The first-order chi connectivity index (χ1) is 13.6. The molecule has 0 saturated carbocycles. The van der Waals surface area contributed by atoms with Crippen molar-refractivity contribution in [2.24, 2.45) is 0 Å². The molecule has 2 aromatic carbocycles. The zero-order chi connectivity index (χ0) is 19.8. The lowest BCUT2D eigenvalue weighted by atomic mass is 10.1. The fraction of sp³-hybridized carbons (Fsp3) is 0.304. The Bertz CT molecular complexity index is 843. The molecule has 144 valence electrons. The van der Waals surface area contributed by atoms with Crippen molar-refractivity contribution in [3.05, 3.63) is 76.9 Å². The molecular formula is C23H25N3O2. The topological polar surface area (TPSA) is 67.6 Å². The van der Waals surface area contributed by atoms with Gasteiger partial charge in [0.15, 0.2) is 0 Å². The van der Waals surface area contributed by atoms with E-state index >= 15 is 0 Å². The van der Waals surface area contributed by atoms with Crippen molar-refractivity contribution in [1.29, 1.82) is 5.26 Å². The van der Waals surface area contributed by atoms with Gasteiger partial charge < -0.3 is 10.0 Å². The summed E-state index contributed by atoms with van der Waals surface area (Å²) < 4.78 is 0. The number of benzene rings is 2. The maximum atomic E-state index is 10.9. The molecule has 1 heterocycles. The number of carbonyl (C=O) groups is 1. The second kappa shape index (κ2) is 9.84. The summed E-state index contributed by atoms with van der Waals surface area (Å²) in [6.45, 7) is 6.15. The molecule has 1 saturated heterocycles. The molecule has 0 spiro atoms. The molecule has 1 N–H and O–H groups in total. The lowest BCUT2D eigenvalue weighted by molar-refractivity contribution is 0.0697. The number of carboxylic acid groups (broad SMARTS) is 1. The Labute approximate surface area is 166 Å². The summed E-state index contributed by atoms with van der Waals surface area (Å²) in [6.07, 6.45) is 5.23. The van der Waals surface area contributed by atoms with Crippen LogP contribution in [0.15, 0.2) is 54.6 Å². The molecule has 5 heteroatoms. The van der Waals surface area contributed by atoms with Gasteiger partial charge in [0, 0.05) is 39.3 Å². The Balaban J connectivity index is 1.37. The Kier molecular flexibility index (Phi) is 6.96. The molecule has 1 aliphatic heterocycles. The highest BCUT2D eigenvalue weighted by molar-refractivity contribution is 5.87. The van der Waals surface area contributed by atoms with Gasteiger partial charge in [-0.25, -0.2) is 4.79 Å². The first-order valence-electron chi connectivity index (χ1n) is 9.58. The summed E-state index contributed by atoms with van der Waals surface area (Å²) in [5.74, 6) is -0.879. The van der Waals surface area contributed by atoms with Crippen LogP contribution >= 0.6 is 0 Å². The number of aromatic carboxylic acids is 1. The molecule has 5 nitrogen and oxygen atoms in total. The third-order valence-corrected chi connectivity index (χ3v) is 5.10. The summed E-state index contributed by atoms with van der Waals surface area (Å²) in [5.41, 5.74) is 3.32. The average Bonchev–Trinajstić information content (AvgIpc) is 2.74. The molecule has 0 atom stereocenters.